The van der Waals surface area contributed by atoms with Crippen LogP contribution in [-0.4, -0.2) is 17.8 Å². The van der Waals surface area contributed by atoms with Crippen molar-refractivity contribution in [1.82, 2.24) is 5.32 Å². The van der Waals surface area contributed by atoms with E-state index in [1.807, 2.05) is 37.3 Å². The molecule has 3 aromatic carbocycles. The number of barbiturate groups is 1. The molecule has 6 nitrogen and oxygen atoms in total. The normalized spacial score (nSPS) is 15.1. The molecule has 4 amide bonds. The van der Waals surface area contributed by atoms with Crippen LogP contribution >= 0.6 is 11.6 Å². The van der Waals surface area contributed by atoms with Crippen LogP contribution in [0.1, 0.15) is 16.7 Å². The number of rotatable bonds is 5. The summed E-state index contributed by atoms with van der Waals surface area (Å²) in [4.78, 5) is 38.7. The van der Waals surface area contributed by atoms with Gasteiger partial charge in [-0.2, -0.15) is 0 Å². The number of nitrogens with one attached hydrogen (secondary N) is 1. The molecule has 0 radical (unpaired) electrons. The fraction of sp³-hybridized carbons (Fsp3) is 0.0800. The van der Waals surface area contributed by atoms with Gasteiger partial charge in [0.1, 0.15) is 17.9 Å². The number of amides is 4. The van der Waals surface area contributed by atoms with Crippen LogP contribution in [0.3, 0.4) is 0 Å². The molecule has 1 N–H and O–H groups in total. The van der Waals surface area contributed by atoms with Crippen LogP contribution in [0.5, 0.6) is 5.75 Å². The molecular formula is C25H19ClN2O4. The second-order valence-electron chi connectivity index (χ2n) is 7.24. The van der Waals surface area contributed by atoms with E-state index in [2.05, 4.69) is 5.32 Å². The Morgan fingerprint density at radius 1 is 0.969 bits per heavy atom. The Balaban J connectivity index is 1.59. The summed E-state index contributed by atoms with van der Waals surface area (Å²) < 4.78 is 5.81. The van der Waals surface area contributed by atoms with Gasteiger partial charge in [0.15, 0.2) is 0 Å². The molecule has 1 heterocycles. The number of urea groups is 1. The molecule has 3 aromatic rings. The van der Waals surface area contributed by atoms with Gasteiger partial charge in [0, 0.05) is 5.02 Å². The van der Waals surface area contributed by atoms with Crippen molar-refractivity contribution in [3.63, 3.8) is 0 Å². The number of halogens is 1. The summed E-state index contributed by atoms with van der Waals surface area (Å²) in [6, 6.07) is 20.7. The van der Waals surface area contributed by atoms with Crippen LogP contribution in [0.4, 0.5) is 10.5 Å². The second-order valence-corrected chi connectivity index (χ2v) is 7.65. The number of hydrogen-bond donors (Lipinski definition) is 1. The maximum atomic E-state index is 13.0. The van der Waals surface area contributed by atoms with E-state index >= 15 is 0 Å². The highest BCUT2D eigenvalue weighted by atomic mass is 35.5. The molecule has 160 valence electrons. The van der Waals surface area contributed by atoms with Crippen LogP contribution in [0.25, 0.3) is 6.08 Å². The van der Waals surface area contributed by atoms with Crippen LogP contribution in [0.2, 0.25) is 5.02 Å². The lowest BCUT2D eigenvalue weighted by molar-refractivity contribution is -0.122. The lowest BCUT2D eigenvalue weighted by atomic mass is 10.1. The third kappa shape index (κ3) is 4.55. The summed E-state index contributed by atoms with van der Waals surface area (Å²) in [5.41, 5.74) is 2.52. The number of carbonyl (C=O) groups excluding carboxylic acids is 3. The standard InChI is InChI=1S/C25H19ClN2O4/c1-16-10-11-19(14-22(16)26)28-24(30)21(23(29)27-25(28)31)13-18-8-5-9-20(12-18)32-15-17-6-3-2-4-7-17/h2-14H,15H2,1H3,(H,27,29,31)/b21-13-. The molecule has 0 bridgehead atoms. The van der Waals surface area contributed by atoms with Crippen molar-refractivity contribution in [2.45, 2.75) is 13.5 Å². The molecule has 1 aliphatic heterocycles. The zero-order chi connectivity index (χ0) is 22.7. The van der Waals surface area contributed by atoms with E-state index in [9.17, 15) is 14.4 Å². The minimum atomic E-state index is -0.822. The highest BCUT2D eigenvalue weighted by Crippen LogP contribution is 2.27. The Labute approximate surface area is 190 Å². The van der Waals surface area contributed by atoms with Crippen molar-refractivity contribution < 1.29 is 19.1 Å². The second kappa shape index (κ2) is 9.08. The van der Waals surface area contributed by atoms with E-state index in [1.54, 1.807) is 36.4 Å². The van der Waals surface area contributed by atoms with Gasteiger partial charge in [-0.3, -0.25) is 14.9 Å². The monoisotopic (exact) mass is 446 g/mol. The fourth-order valence-electron chi connectivity index (χ4n) is 3.21. The number of imide groups is 2. The van der Waals surface area contributed by atoms with Gasteiger partial charge in [-0.05, 0) is 54.0 Å². The Bertz CT molecular complexity index is 1240. The zero-order valence-corrected chi connectivity index (χ0v) is 17.9. The van der Waals surface area contributed by atoms with Gasteiger partial charge in [-0.1, -0.05) is 60.1 Å². The van der Waals surface area contributed by atoms with Gasteiger partial charge in [0.05, 0.1) is 5.69 Å². The molecular weight excluding hydrogens is 428 g/mol. The van der Waals surface area contributed by atoms with Gasteiger partial charge in [0.25, 0.3) is 11.8 Å². The van der Waals surface area contributed by atoms with Crippen molar-refractivity contribution in [1.29, 1.82) is 0 Å². The number of benzene rings is 3. The number of nitrogens with zero attached hydrogens (tertiary/aromatic N) is 1. The first-order valence-electron chi connectivity index (χ1n) is 9.87. The first-order chi connectivity index (χ1) is 15.4. The first kappa shape index (κ1) is 21.3. The first-order valence-corrected chi connectivity index (χ1v) is 10.2. The van der Waals surface area contributed by atoms with Gasteiger partial charge in [-0.15, -0.1) is 0 Å². The molecule has 0 aliphatic carbocycles. The van der Waals surface area contributed by atoms with Gasteiger partial charge in [0.2, 0.25) is 0 Å². The largest absolute Gasteiger partial charge is 0.489 e. The summed E-state index contributed by atoms with van der Waals surface area (Å²) in [6.07, 6.45) is 1.43. The lowest BCUT2D eigenvalue weighted by Crippen LogP contribution is -2.54. The Morgan fingerprint density at radius 2 is 1.75 bits per heavy atom. The van der Waals surface area contributed by atoms with E-state index in [1.165, 1.54) is 12.1 Å². The molecule has 32 heavy (non-hydrogen) atoms. The van der Waals surface area contributed by atoms with Gasteiger partial charge in [-0.25, -0.2) is 9.69 Å². The maximum Gasteiger partial charge on any atom is 0.335 e. The number of hydrogen-bond acceptors (Lipinski definition) is 4. The molecule has 1 aliphatic rings. The minimum Gasteiger partial charge on any atom is -0.489 e. The predicted octanol–water partition coefficient (Wildman–Crippen LogP) is 4.89. The SMILES string of the molecule is Cc1ccc(N2C(=O)NC(=O)/C(=C/c3cccc(OCc4ccccc4)c3)C2=O)cc1Cl. The highest BCUT2D eigenvalue weighted by Gasteiger charge is 2.36. The van der Waals surface area contributed by atoms with Gasteiger partial charge < -0.3 is 4.74 Å². The zero-order valence-electron chi connectivity index (χ0n) is 17.2. The van der Waals surface area contributed by atoms with Crippen LogP contribution in [0.15, 0.2) is 78.4 Å². The number of carbonyl (C=O) groups is 3. The molecule has 7 heteroatoms. The van der Waals surface area contributed by atoms with Crippen molar-refractivity contribution in [3.05, 3.63) is 100 Å². The molecule has 0 atom stereocenters. The quantitative estimate of drug-likeness (QED) is 0.447. The number of aryl methyl sites for hydroxylation is 1. The third-order valence-electron chi connectivity index (χ3n) is 4.93. The molecule has 4 rings (SSSR count). The van der Waals surface area contributed by atoms with Crippen LogP contribution in [0, 0.1) is 6.92 Å². The topological polar surface area (TPSA) is 75.7 Å². The van der Waals surface area contributed by atoms with Crippen molar-refractivity contribution in [2.24, 2.45) is 0 Å². The maximum absolute atomic E-state index is 13.0. The predicted molar refractivity (Wildman–Crippen MR) is 122 cm³/mol. The fourth-order valence-corrected chi connectivity index (χ4v) is 3.39. The Morgan fingerprint density at radius 3 is 2.50 bits per heavy atom. The molecule has 1 saturated heterocycles. The van der Waals surface area contributed by atoms with Crippen molar-refractivity contribution in [2.75, 3.05) is 4.90 Å². The lowest BCUT2D eigenvalue weighted by Gasteiger charge is -2.26. The average Bonchev–Trinajstić information content (AvgIpc) is 2.78. The molecule has 1 fully saturated rings. The molecule has 0 saturated carbocycles. The summed E-state index contributed by atoms with van der Waals surface area (Å²) >= 11 is 6.15. The smallest absolute Gasteiger partial charge is 0.335 e. The van der Waals surface area contributed by atoms with Gasteiger partial charge >= 0.3 is 6.03 Å². The van der Waals surface area contributed by atoms with E-state index in [4.69, 9.17) is 16.3 Å². The van der Waals surface area contributed by atoms with Crippen molar-refractivity contribution in [3.8, 4) is 5.75 Å². The third-order valence-corrected chi connectivity index (χ3v) is 5.34. The summed E-state index contributed by atoms with van der Waals surface area (Å²) in [7, 11) is 0. The summed E-state index contributed by atoms with van der Waals surface area (Å²) in [5, 5.41) is 2.62. The molecule has 0 unspecified atom stereocenters. The summed E-state index contributed by atoms with van der Waals surface area (Å²) in [5.74, 6) is -0.899. The van der Waals surface area contributed by atoms with E-state index < -0.39 is 17.8 Å². The highest BCUT2D eigenvalue weighted by molar-refractivity contribution is 6.39. The van der Waals surface area contributed by atoms with Crippen LogP contribution < -0.4 is 15.0 Å². The summed E-state index contributed by atoms with van der Waals surface area (Å²) in [6.45, 7) is 2.20. The molecule has 0 aromatic heterocycles. The van der Waals surface area contributed by atoms with Crippen LogP contribution in [-0.2, 0) is 16.2 Å². The molecule has 0 spiro atoms. The van der Waals surface area contributed by atoms with Crippen molar-refractivity contribution >= 4 is 41.2 Å². The minimum absolute atomic E-state index is 0.165. The Kier molecular flexibility index (Phi) is 6.05. The number of anilines is 1. The van der Waals surface area contributed by atoms with E-state index in [0.29, 0.717) is 22.9 Å². The van der Waals surface area contributed by atoms with E-state index in [-0.39, 0.29) is 11.3 Å². The van der Waals surface area contributed by atoms with E-state index in [0.717, 1.165) is 16.0 Å². The average molecular weight is 447 g/mol. The number of ether oxygens (including phenoxy) is 1. The Hall–Kier alpha value is -3.90.